The third-order valence-electron chi connectivity index (χ3n) is 3.83. The summed E-state index contributed by atoms with van der Waals surface area (Å²) < 4.78 is 11.1. The molecule has 0 radical (unpaired) electrons. The number of benzene rings is 1. The van der Waals surface area contributed by atoms with E-state index in [-0.39, 0.29) is 6.10 Å². The van der Waals surface area contributed by atoms with E-state index in [1.807, 2.05) is 18.2 Å². The van der Waals surface area contributed by atoms with Crippen molar-refractivity contribution in [3.8, 4) is 11.5 Å². The average Bonchev–Trinajstić information content (AvgIpc) is 2.53. The van der Waals surface area contributed by atoms with Gasteiger partial charge in [-0.3, -0.25) is 4.79 Å². The van der Waals surface area contributed by atoms with Gasteiger partial charge >= 0.3 is 0 Å². The van der Waals surface area contributed by atoms with Crippen molar-refractivity contribution < 1.29 is 14.3 Å². The fraction of sp³-hybridized carbons (Fsp3) is 0.632. The molecule has 0 N–H and O–H groups in total. The molecular formula is C19H30O3. The van der Waals surface area contributed by atoms with E-state index in [1.165, 1.54) is 44.9 Å². The SMILES string of the molecule is CCCCCCC(CCCCC)Oc1ccccc1OC=O. The zero-order chi connectivity index (χ0) is 16.0. The molecule has 0 aliphatic rings. The van der Waals surface area contributed by atoms with E-state index in [4.69, 9.17) is 9.47 Å². The molecule has 124 valence electrons. The van der Waals surface area contributed by atoms with Crippen molar-refractivity contribution in [2.24, 2.45) is 0 Å². The van der Waals surface area contributed by atoms with Crippen LogP contribution in [0.4, 0.5) is 0 Å². The minimum Gasteiger partial charge on any atom is -0.487 e. The largest absolute Gasteiger partial charge is 0.487 e. The van der Waals surface area contributed by atoms with Crippen LogP contribution in [0.3, 0.4) is 0 Å². The normalized spacial score (nSPS) is 11.9. The lowest BCUT2D eigenvalue weighted by atomic mass is 10.0. The second kappa shape index (κ2) is 12.1. The summed E-state index contributed by atoms with van der Waals surface area (Å²) in [5.74, 6) is 1.18. The van der Waals surface area contributed by atoms with E-state index >= 15 is 0 Å². The summed E-state index contributed by atoms with van der Waals surface area (Å²) in [7, 11) is 0. The summed E-state index contributed by atoms with van der Waals surface area (Å²) in [6.07, 6.45) is 11.0. The number of carbonyl (C=O) groups is 1. The molecule has 0 spiro atoms. The van der Waals surface area contributed by atoms with E-state index in [2.05, 4.69) is 13.8 Å². The summed E-state index contributed by atoms with van der Waals surface area (Å²) in [5.41, 5.74) is 0. The van der Waals surface area contributed by atoms with E-state index in [1.54, 1.807) is 6.07 Å². The Balaban J connectivity index is 2.59. The Labute approximate surface area is 135 Å². The summed E-state index contributed by atoms with van der Waals surface area (Å²) in [4.78, 5) is 10.6. The fourth-order valence-electron chi connectivity index (χ4n) is 2.56. The first-order valence-corrected chi connectivity index (χ1v) is 8.67. The van der Waals surface area contributed by atoms with Gasteiger partial charge in [-0.25, -0.2) is 0 Å². The van der Waals surface area contributed by atoms with Crippen molar-refractivity contribution in [1.82, 2.24) is 0 Å². The Hall–Kier alpha value is -1.51. The molecule has 22 heavy (non-hydrogen) atoms. The molecule has 3 nitrogen and oxygen atoms in total. The number of para-hydroxylation sites is 2. The summed E-state index contributed by atoms with van der Waals surface area (Å²) in [6, 6.07) is 7.40. The predicted molar refractivity (Wildman–Crippen MR) is 90.5 cm³/mol. The number of hydrogen-bond acceptors (Lipinski definition) is 3. The third kappa shape index (κ3) is 7.48. The maximum atomic E-state index is 10.6. The maximum Gasteiger partial charge on any atom is 0.298 e. The minimum absolute atomic E-state index is 0.208. The fourth-order valence-corrected chi connectivity index (χ4v) is 2.56. The van der Waals surface area contributed by atoms with Gasteiger partial charge in [-0.2, -0.15) is 0 Å². The Kier molecular flexibility index (Phi) is 10.2. The van der Waals surface area contributed by atoms with Crippen LogP contribution in [0.15, 0.2) is 24.3 Å². The second-order valence-corrected chi connectivity index (χ2v) is 5.75. The Bertz CT molecular complexity index is 403. The van der Waals surface area contributed by atoms with Gasteiger partial charge in [0, 0.05) is 0 Å². The molecule has 0 aliphatic heterocycles. The lowest BCUT2D eigenvalue weighted by Crippen LogP contribution is -2.17. The summed E-state index contributed by atoms with van der Waals surface area (Å²) in [6.45, 7) is 4.89. The minimum atomic E-state index is 0.208. The van der Waals surface area contributed by atoms with Crippen LogP contribution in [0.1, 0.15) is 71.6 Å². The Morgan fingerprint density at radius 1 is 0.909 bits per heavy atom. The first-order chi connectivity index (χ1) is 10.8. The molecular weight excluding hydrogens is 276 g/mol. The van der Waals surface area contributed by atoms with E-state index in [0.29, 0.717) is 18.0 Å². The first-order valence-electron chi connectivity index (χ1n) is 8.67. The van der Waals surface area contributed by atoms with Crippen molar-refractivity contribution in [3.63, 3.8) is 0 Å². The number of ether oxygens (including phenoxy) is 2. The molecule has 1 atom stereocenters. The van der Waals surface area contributed by atoms with Crippen LogP contribution in [0.25, 0.3) is 0 Å². The van der Waals surface area contributed by atoms with Crippen LogP contribution < -0.4 is 9.47 Å². The number of unbranched alkanes of at least 4 members (excludes halogenated alkanes) is 5. The number of hydrogen-bond donors (Lipinski definition) is 0. The highest BCUT2D eigenvalue weighted by atomic mass is 16.5. The van der Waals surface area contributed by atoms with Crippen molar-refractivity contribution in [2.75, 3.05) is 0 Å². The molecule has 0 bridgehead atoms. The van der Waals surface area contributed by atoms with Gasteiger partial charge in [0.05, 0.1) is 6.10 Å². The molecule has 0 amide bonds. The van der Waals surface area contributed by atoms with Crippen molar-refractivity contribution in [3.05, 3.63) is 24.3 Å². The van der Waals surface area contributed by atoms with Gasteiger partial charge in [-0.05, 0) is 37.8 Å². The molecule has 1 aromatic rings. The van der Waals surface area contributed by atoms with Gasteiger partial charge in [0.1, 0.15) is 0 Å². The highest BCUT2D eigenvalue weighted by molar-refractivity contribution is 5.50. The molecule has 0 aromatic heterocycles. The second-order valence-electron chi connectivity index (χ2n) is 5.75. The maximum absolute atomic E-state index is 10.6. The topological polar surface area (TPSA) is 35.5 Å². The van der Waals surface area contributed by atoms with Crippen molar-refractivity contribution >= 4 is 6.47 Å². The van der Waals surface area contributed by atoms with Crippen molar-refractivity contribution in [2.45, 2.75) is 77.7 Å². The third-order valence-corrected chi connectivity index (χ3v) is 3.83. The molecule has 1 aromatic carbocycles. The van der Waals surface area contributed by atoms with Gasteiger partial charge in [-0.15, -0.1) is 0 Å². The van der Waals surface area contributed by atoms with Crippen LogP contribution in [0, 0.1) is 0 Å². The lowest BCUT2D eigenvalue weighted by Gasteiger charge is -2.20. The monoisotopic (exact) mass is 306 g/mol. The number of rotatable bonds is 13. The molecule has 3 heteroatoms. The van der Waals surface area contributed by atoms with Crippen molar-refractivity contribution in [1.29, 1.82) is 0 Å². The molecule has 1 unspecified atom stereocenters. The zero-order valence-corrected chi connectivity index (χ0v) is 14.1. The van der Waals surface area contributed by atoms with E-state index in [9.17, 15) is 4.79 Å². The highest BCUT2D eigenvalue weighted by Crippen LogP contribution is 2.29. The van der Waals surface area contributed by atoms with Crippen LogP contribution >= 0.6 is 0 Å². The average molecular weight is 306 g/mol. The van der Waals surface area contributed by atoms with E-state index < -0.39 is 0 Å². The zero-order valence-electron chi connectivity index (χ0n) is 14.1. The van der Waals surface area contributed by atoms with Gasteiger partial charge in [0.2, 0.25) is 0 Å². The van der Waals surface area contributed by atoms with Crippen LogP contribution in [-0.2, 0) is 4.79 Å². The Morgan fingerprint density at radius 2 is 1.50 bits per heavy atom. The first kappa shape index (κ1) is 18.5. The highest BCUT2D eigenvalue weighted by Gasteiger charge is 2.13. The lowest BCUT2D eigenvalue weighted by molar-refractivity contribution is -0.120. The molecule has 0 aliphatic carbocycles. The quantitative estimate of drug-likeness (QED) is 0.355. The smallest absolute Gasteiger partial charge is 0.298 e. The van der Waals surface area contributed by atoms with Gasteiger partial charge < -0.3 is 9.47 Å². The van der Waals surface area contributed by atoms with Crippen LogP contribution in [-0.4, -0.2) is 12.6 Å². The molecule has 0 saturated heterocycles. The molecule has 0 saturated carbocycles. The molecule has 1 rings (SSSR count). The standard InChI is InChI=1S/C19H30O3/c1-3-5-7-9-13-17(12-8-6-4-2)22-19-15-11-10-14-18(19)21-16-20/h10-11,14-17H,3-9,12-13H2,1-2H3. The predicted octanol–water partition coefficient (Wildman–Crippen LogP) is 5.52. The molecule has 0 fully saturated rings. The van der Waals surface area contributed by atoms with Gasteiger partial charge in [0.15, 0.2) is 11.5 Å². The summed E-state index contributed by atoms with van der Waals surface area (Å²) in [5, 5.41) is 0. The number of carbonyl (C=O) groups excluding carboxylic acids is 1. The molecule has 0 heterocycles. The van der Waals surface area contributed by atoms with Gasteiger partial charge in [-0.1, -0.05) is 58.1 Å². The van der Waals surface area contributed by atoms with Crippen LogP contribution in [0.5, 0.6) is 11.5 Å². The summed E-state index contributed by atoms with van der Waals surface area (Å²) >= 11 is 0. The van der Waals surface area contributed by atoms with Crippen LogP contribution in [0.2, 0.25) is 0 Å². The van der Waals surface area contributed by atoms with Gasteiger partial charge in [0.25, 0.3) is 6.47 Å². The van der Waals surface area contributed by atoms with E-state index in [0.717, 1.165) is 12.8 Å². The Morgan fingerprint density at radius 3 is 2.14 bits per heavy atom.